The average Bonchev–Trinajstić information content (AvgIpc) is 3.68. The molecule has 0 radical (unpaired) electrons. The summed E-state index contributed by atoms with van der Waals surface area (Å²) in [7, 11) is 0. The zero-order valence-electron chi connectivity index (χ0n) is 17.8. The molecule has 0 unspecified atom stereocenters. The fourth-order valence-corrected chi connectivity index (χ4v) is 4.65. The molecule has 1 aromatic carbocycles. The Morgan fingerprint density at radius 1 is 1.03 bits per heavy atom. The van der Waals surface area contributed by atoms with Crippen molar-refractivity contribution in [1.82, 2.24) is 9.80 Å². The fourth-order valence-electron chi connectivity index (χ4n) is 4.65. The highest BCUT2D eigenvalue weighted by Gasteiger charge is 2.48. The van der Waals surface area contributed by atoms with Gasteiger partial charge in [-0.1, -0.05) is 30.3 Å². The van der Waals surface area contributed by atoms with Crippen molar-refractivity contribution in [3.63, 3.8) is 0 Å². The molecule has 2 amide bonds. The molecular weight excluding hydrogens is 392 g/mol. The molecule has 1 aromatic heterocycles. The maximum absolute atomic E-state index is 13.3. The number of benzene rings is 1. The molecule has 6 nitrogen and oxygen atoms in total. The molecule has 2 aromatic rings. The van der Waals surface area contributed by atoms with Gasteiger partial charge in [0.05, 0.1) is 18.9 Å². The quantitative estimate of drug-likeness (QED) is 0.620. The summed E-state index contributed by atoms with van der Waals surface area (Å²) >= 11 is 0. The molecule has 3 fully saturated rings. The van der Waals surface area contributed by atoms with Crippen LogP contribution in [0.25, 0.3) is 0 Å². The topological polar surface area (TPSA) is 63.0 Å². The second kappa shape index (κ2) is 8.87. The van der Waals surface area contributed by atoms with Crippen molar-refractivity contribution in [3.05, 3.63) is 60.1 Å². The third-order valence-corrected chi connectivity index (χ3v) is 6.64. The minimum absolute atomic E-state index is 0.00693. The lowest BCUT2D eigenvalue weighted by Crippen LogP contribution is -2.46. The Labute approximate surface area is 183 Å². The van der Waals surface area contributed by atoms with Gasteiger partial charge < -0.3 is 19.0 Å². The highest BCUT2D eigenvalue weighted by molar-refractivity contribution is 5.88. The molecule has 3 aliphatic rings. The summed E-state index contributed by atoms with van der Waals surface area (Å²) in [5.74, 6) is 1.16. The maximum atomic E-state index is 13.3. The average molecular weight is 423 g/mol. The number of furan rings is 1. The molecule has 164 valence electrons. The van der Waals surface area contributed by atoms with Gasteiger partial charge in [0, 0.05) is 25.1 Å². The highest BCUT2D eigenvalue weighted by Crippen LogP contribution is 2.49. The van der Waals surface area contributed by atoms with E-state index in [1.54, 1.807) is 11.2 Å². The van der Waals surface area contributed by atoms with Crippen LogP contribution in [0, 0.1) is 5.92 Å². The lowest BCUT2D eigenvalue weighted by atomic mass is 10.1. The van der Waals surface area contributed by atoms with Crippen LogP contribution < -0.4 is 0 Å². The van der Waals surface area contributed by atoms with E-state index in [4.69, 9.17) is 9.15 Å². The molecule has 2 aliphatic carbocycles. The lowest BCUT2D eigenvalue weighted by Gasteiger charge is -2.29. The molecule has 2 heterocycles. The molecule has 6 heteroatoms. The number of carbonyl (C=O) groups is 2. The first-order valence-electron chi connectivity index (χ1n) is 11.5. The summed E-state index contributed by atoms with van der Waals surface area (Å²) < 4.78 is 11.3. The van der Waals surface area contributed by atoms with Gasteiger partial charge >= 0.3 is 0 Å². The third-order valence-electron chi connectivity index (χ3n) is 6.64. The van der Waals surface area contributed by atoms with E-state index < -0.39 is 0 Å². The standard InChI is InChI=1S/C25H30N2O4/c28-24(26(15-20-8-4-12-30-20)16-21-9-5-13-31-21)17-27(19-10-11-19)25(29)23-14-22(23)18-6-2-1-3-7-18/h1-4,6-8,12,19,21-23H,5,9-11,13-17H2/t21-,22+,23+/m1/s1. The van der Waals surface area contributed by atoms with Crippen LogP contribution in [0.4, 0.5) is 0 Å². The molecule has 1 aliphatic heterocycles. The van der Waals surface area contributed by atoms with Crippen molar-refractivity contribution in [3.8, 4) is 0 Å². The molecule has 1 saturated heterocycles. The van der Waals surface area contributed by atoms with Gasteiger partial charge in [-0.25, -0.2) is 0 Å². The maximum Gasteiger partial charge on any atom is 0.242 e. The molecule has 0 N–H and O–H groups in total. The fraction of sp³-hybridized carbons (Fsp3) is 0.520. The lowest BCUT2D eigenvalue weighted by molar-refractivity contribution is -0.143. The van der Waals surface area contributed by atoms with Gasteiger partial charge in [0.2, 0.25) is 11.8 Å². The van der Waals surface area contributed by atoms with Crippen molar-refractivity contribution < 1.29 is 18.7 Å². The molecular formula is C25H30N2O4. The van der Waals surface area contributed by atoms with Gasteiger partial charge in [0.1, 0.15) is 12.3 Å². The summed E-state index contributed by atoms with van der Waals surface area (Å²) in [4.78, 5) is 30.3. The highest BCUT2D eigenvalue weighted by atomic mass is 16.5. The van der Waals surface area contributed by atoms with Gasteiger partial charge in [0.25, 0.3) is 0 Å². The van der Waals surface area contributed by atoms with Crippen LogP contribution >= 0.6 is 0 Å². The van der Waals surface area contributed by atoms with Gasteiger partial charge in [-0.05, 0) is 55.7 Å². The number of hydrogen-bond donors (Lipinski definition) is 0. The second-order valence-electron chi connectivity index (χ2n) is 9.05. The van der Waals surface area contributed by atoms with E-state index in [2.05, 4.69) is 12.1 Å². The Morgan fingerprint density at radius 2 is 1.87 bits per heavy atom. The zero-order chi connectivity index (χ0) is 21.2. The molecule has 2 saturated carbocycles. The van der Waals surface area contributed by atoms with E-state index in [0.717, 1.165) is 44.5 Å². The van der Waals surface area contributed by atoms with Gasteiger partial charge in [-0.3, -0.25) is 9.59 Å². The number of ether oxygens (including phenoxy) is 1. The Kier molecular flexibility index (Phi) is 5.81. The van der Waals surface area contributed by atoms with E-state index in [9.17, 15) is 9.59 Å². The van der Waals surface area contributed by atoms with Crippen LogP contribution in [0.5, 0.6) is 0 Å². The minimum atomic E-state index is -0.0240. The number of nitrogens with zero attached hydrogens (tertiary/aromatic N) is 2. The van der Waals surface area contributed by atoms with E-state index in [0.29, 0.717) is 13.1 Å². The Bertz CT molecular complexity index is 888. The van der Waals surface area contributed by atoms with Gasteiger partial charge in [0.15, 0.2) is 0 Å². The zero-order valence-corrected chi connectivity index (χ0v) is 17.8. The van der Waals surface area contributed by atoms with Crippen LogP contribution in [-0.4, -0.2) is 53.5 Å². The predicted octanol–water partition coefficient (Wildman–Crippen LogP) is 3.58. The first kappa shape index (κ1) is 20.3. The Hall–Kier alpha value is -2.60. The number of carbonyl (C=O) groups excluding carboxylic acids is 2. The largest absolute Gasteiger partial charge is 0.467 e. The van der Waals surface area contributed by atoms with E-state index in [1.807, 2.05) is 35.2 Å². The molecule has 3 atom stereocenters. The van der Waals surface area contributed by atoms with Crippen LogP contribution in [0.15, 0.2) is 53.1 Å². The second-order valence-corrected chi connectivity index (χ2v) is 9.05. The van der Waals surface area contributed by atoms with Gasteiger partial charge in [-0.2, -0.15) is 0 Å². The van der Waals surface area contributed by atoms with E-state index >= 15 is 0 Å². The van der Waals surface area contributed by atoms with E-state index in [-0.39, 0.29) is 42.3 Å². The Balaban J connectivity index is 1.25. The summed E-state index contributed by atoms with van der Waals surface area (Å²) in [5, 5.41) is 0. The van der Waals surface area contributed by atoms with Gasteiger partial charge in [-0.15, -0.1) is 0 Å². The summed E-state index contributed by atoms with van der Waals surface area (Å²) in [6.45, 7) is 1.86. The summed E-state index contributed by atoms with van der Waals surface area (Å²) in [6.07, 6.45) is 6.55. The van der Waals surface area contributed by atoms with Crippen LogP contribution in [0.1, 0.15) is 49.3 Å². The first-order valence-corrected chi connectivity index (χ1v) is 11.5. The number of rotatable bonds is 9. The predicted molar refractivity (Wildman–Crippen MR) is 115 cm³/mol. The number of hydrogen-bond acceptors (Lipinski definition) is 4. The van der Waals surface area contributed by atoms with Crippen molar-refractivity contribution >= 4 is 11.8 Å². The van der Waals surface area contributed by atoms with Crippen LogP contribution in [0.3, 0.4) is 0 Å². The Morgan fingerprint density at radius 3 is 2.55 bits per heavy atom. The first-order chi connectivity index (χ1) is 15.2. The van der Waals surface area contributed by atoms with Crippen molar-refractivity contribution in [2.75, 3.05) is 19.7 Å². The molecule has 0 spiro atoms. The minimum Gasteiger partial charge on any atom is -0.467 e. The summed E-state index contributed by atoms with van der Waals surface area (Å²) in [5.41, 5.74) is 1.22. The van der Waals surface area contributed by atoms with E-state index in [1.165, 1.54) is 5.56 Å². The van der Waals surface area contributed by atoms with Crippen molar-refractivity contribution in [1.29, 1.82) is 0 Å². The normalized spacial score (nSPS) is 24.7. The molecule has 0 bridgehead atoms. The monoisotopic (exact) mass is 422 g/mol. The number of amides is 2. The van der Waals surface area contributed by atoms with Crippen LogP contribution in [-0.2, 0) is 20.9 Å². The SMILES string of the molecule is O=C(CN(C(=O)[C@H]1C[C@H]1c1ccccc1)C1CC1)N(Cc1ccco1)C[C@H]1CCCO1. The van der Waals surface area contributed by atoms with Crippen LogP contribution in [0.2, 0.25) is 0 Å². The van der Waals surface area contributed by atoms with Crippen molar-refractivity contribution in [2.24, 2.45) is 5.92 Å². The molecule has 31 heavy (non-hydrogen) atoms. The van der Waals surface area contributed by atoms with Crippen molar-refractivity contribution in [2.45, 2.75) is 56.7 Å². The smallest absolute Gasteiger partial charge is 0.242 e. The summed E-state index contributed by atoms with van der Waals surface area (Å²) in [6, 6.07) is 14.2. The third kappa shape index (κ3) is 4.85. The molecule has 5 rings (SSSR count).